The summed E-state index contributed by atoms with van der Waals surface area (Å²) < 4.78 is 0. The molecule has 0 amide bonds. The van der Waals surface area contributed by atoms with Crippen LogP contribution in [0, 0.1) is 0 Å². The molecule has 0 aromatic rings. The fraction of sp³-hybridized carbons (Fsp3) is 0.600. The quantitative estimate of drug-likeness (QED) is 0.312. The molecule has 0 nitrogen and oxygen atoms in total. The van der Waals surface area contributed by atoms with Crippen molar-refractivity contribution in [1.82, 2.24) is 0 Å². The zero-order valence-corrected chi connectivity index (χ0v) is 7.63. The van der Waals surface area contributed by atoms with Crippen molar-refractivity contribution in [3.63, 3.8) is 0 Å². The molecule has 0 bridgehead atoms. The predicted molar refractivity (Wildman–Crippen MR) is 41.8 cm³/mol. The molecular weight excluding hydrogens is 120 g/mol. The molecule has 0 aromatic heterocycles. The van der Waals surface area contributed by atoms with E-state index in [0.29, 0.717) is 0 Å². The van der Waals surface area contributed by atoms with Gasteiger partial charge >= 0.3 is 0 Å². The van der Waals surface area contributed by atoms with Crippen LogP contribution in [0.4, 0.5) is 0 Å². The summed E-state index contributed by atoms with van der Waals surface area (Å²) in [5.74, 6) is 1.33. The molecule has 0 aliphatic rings. The number of allylic oxidation sites excluding steroid dienone is 1. The maximum absolute atomic E-state index is 3.63. The highest BCUT2D eigenvalue weighted by Gasteiger charge is 1.77. The van der Waals surface area contributed by atoms with Crippen molar-refractivity contribution in [2.75, 3.05) is 5.75 Å². The summed E-state index contributed by atoms with van der Waals surface area (Å²) in [5, 5.41) is 0. The molecule has 0 heterocycles. The minimum atomic E-state index is 1.19. The zero-order chi connectivity index (χ0) is 5.54. The summed E-state index contributed by atoms with van der Waals surface area (Å²) in [4.78, 5) is 0. The molecular formula is C5H12SSi. The second kappa shape index (κ2) is 6.31. The van der Waals surface area contributed by atoms with Crippen LogP contribution in [0.2, 0.25) is 0 Å². The molecule has 0 radical (unpaired) electrons. The van der Waals surface area contributed by atoms with E-state index in [2.05, 4.69) is 6.58 Å². The molecule has 0 saturated carbocycles. The SMILES string of the molecule is C=CCCCS[SiH3]. The van der Waals surface area contributed by atoms with Gasteiger partial charge in [-0.25, -0.2) is 0 Å². The monoisotopic (exact) mass is 132 g/mol. The van der Waals surface area contributed by atoms with E-state index in [1.165, 1.54) is 28.0 Å². The van der Waals surface area contributed by atoms with Gasteiger partial charge in [0.05, 0.1) is 9.39 Å². The molecule has 0 atom stereocenters. The lowest BCUT2D eigenvalue weighted by atomic mass is 10.3. The molecule has 0 rings (SSSR count). The summed E-state index contributed by atoms with van der Waals surface area (Å²) in [7, 11) is 1.29. The van der Waals surface area contributed by atoms with E-state index in [0.717, 1.165) is 0 Å². The highest BCUT2D eigenvalue weighted by molar-refractivity contribution is 8.19. The van der Waals surface area contributed by atoms with Gasteiger partial charge in [-0.15, -0.1) is 6.58 Å². The van der Waals surface area contributed by atoms with Crippen molar-refractivity contribution < 1.29 is 0 Å². The van der Waals surface area contributed by atoms with Gasteiger partial charge in [0.25, 0.3) is 0 Å². The Kier molecular flexibility index (Phi) is 6.58. The minimum Gasteiger partial charge on any atom is -0.198 e. The summed E-state index contributed by atoms with van der Waals surface area (Å²) in [6, 6.07) is 0. The molecule has 7 heavy (non-hydrogen) atoms. The van der Waals surface area contributed by atoms with Crippen molar-refractivity contribution >= 4 is 20.6 Å². The van der Waals surface area contributed by atoms with Gasteiger partial charge in [-0.3, -0.25) is 0 Å². The van der Waals surface area contributed by atoms with E-state index in [1.807, 2.05) is 17.3 Å². The van der Waals surface area contributed by atoms with Crippen molar-refractivity contribution in [3.8, 4) is 0 Å². The molecule has 2 heteroatoms. The molecule has 0 aliphatic carbocycles. The van der Waals surface area contributed by atoms with Crippen LogP contribution < -0.4 is 0 Å². The van der Waals surface area contributed by atoms with Gasteiger partial charge in [0.15, 0.2) is 0 Å². The average Bonchev–Trinajstić information content (AvgIpc) is 1.69. The third kappa shape index (κ3) is 6.31. The van der Waals surface area contributed by atoms with E-state index in [-0.39, 0.29) is 0 Å². The Balaban J connectivity index is 2.56. The fourth-order valence-electron chi connectivity index (χ4n) is 0.372. The Morgan fingerprint density at radius 1 is 1.71 bits per heavy atom. The van der Waals surface area contributed by atoms with Crippen molar-refractivity contribution in [2.45, 2.75) is 12.8 Å². The van der Waals surface area contributed by atoms with Crippen LogP contribution in [0.25, 0.3) is 0 Å². The van der Waals surface area contributed by atoms with Gasteiger partial charge in [-0.2, -0.15) is 11.2 Å². The van der Waals surface area contributed by atoms with Gasteiger partial charge in [0.1, 0.15) is 0 Å². The number of unbranched alkanes of at least 4 members (excludes halogenated alkanes) is 1. The zero-order valence-electron chi connectivity index (χ0n) is 4.81. The first-order valence-corrected chi connectivity index (χ1v) is 6.36. The smallest absolute Gasteiger partial charge is 0.0694 e. The first-order valence-electron chi connectivity index (χ1n) is 2.51. The van der Waals surface area contributed by atoms with Gasteiger partial charge in [0.2, 0.25) is 0 Å². The summed E-state index contributed by atoms with van der Waals surface area (Å²) in [5.41, 5.74) is 0. The van der Waals surface area contributed by atoms with E-state index in [1.54, 1.807) is 0 Å². The first-order chi connectivity index (χ1) is 3.41. The molecule has 0 N–H and O–H groups in total. The highest BCUT2D eigenvalue weighted by atomic mass is 32.4. The topological polar surface area (TPSA) is 0 Å². The molecule has 42 valence electrons. The van der Waals surface area contributed by atoms with Gasteiger partial charge < -0.3 is 0 Å². The van der Waals surface area contributed by atoms with E-state index >= 15 is 0 Å². The van der Waals surface area contributed by atoms with Crippen LogP contribution in [0.15, 0.2) is 12.7 Å². The average molecular weight is 132 g/mol. The summed E-state index contributed by atoms with van der Waals surface area (Å²) >= 11 is 2.03. The van der Waals surface area contributed by atoms with Crippen LogP contribution in [0.3, 0.4) is 0 Å². The van der Waals surface area contributed by atoms with Gasteiger partial charge in [-0.1, -0.05) is 6.08 Å². The second-order valence-corrected chi connectivity index (χ2v) is 4.14. The van der Waals surface area contributed by atoms with Gasteiger partial charge in [0, 0.05) is 0 Å². The van der Waals surface area contributed by atoms with E-state index in [4.69, 9.17) is 0 Å². The highest BCUT2D eigenvalue weighted by Crippen LogP contribution is 1.97. The van der Waals surface area contributed by atoms with Crippen molar-refractivity contribution in [1.29, 1.82) is 0 Å². The lowest BCUT2D eigenvalue weighted by Crippen LogP contribution is -1.73. The largest absolute Gasteiger partial charge is 0.198 e. The standard InChI is InChI=1S/C5H12SSi/c1-2-3-4-5-6-7/h2H,1,3-5H2,7H3. The second-order valence-electron chi connectivity index (χ2n) is 1.42. The Bertz CT molecular complexity index is 45.3. The molecule has 0 aromatic carbocycles. The van der Waals surface area contributed by atoms with E-state index in [9.17, 15) is 0 Å². The van der Waals surface area contributed by atoms with Crippen LogP contribution in [0.5, 0.6) is 0 Å². The van der Waals surface area contributed by atoms with Crippen LogP contribution in [0.1, 0.15) is 12.8 Å². The molecule has 0 unspecified atom stereocenters. The Morgan fingerprint density at radius 3 is 2.86 bits per heavy atom. The third-order valence-electron chi connectivity index (χ3n) is 0.757. The number of hydrogen-bond donors (Lipinski definition) is 0. The maximum atomic E-state index is 3.63. The Labute approximate surface area is 52.4 Å². The van der Waals surface area contributed by atoms with Crippen molar-refractivity contribution in [2.24, 2.45) is 0 Å². The van der Waals surface area contributed by atoms with Crippen LogP contribution >= 0.6 is 11.2 Å². The molecule has 0 saturated heterocycles. The van der Waals surface area contributed by atoms with Gasteiger partial charge in [-0.05, 0) is 18.6 Å². The minimum absolute atomic E-state index is 1.19. The number of rotatable bonds is 4. The maximum Gasteiger partial charge on any atom is 0.0694 e. The molecule has 0 spiro atoms. The molecule has 0 fully saturated rings. The lowest BCUT2D eigenvalue weighted by Gasteiger charge is -1.88. The predicted octanol–water partition coefficient (Wildman–Crippen LogP) is 0.966. The summed E-state index contributed by atoms with van der Waals surface area (Å²) in [6.07, 6.45) is 4.49. The third-order valence-corrected chi connectivity index (χ3v) is 2.68. The lowest BCUT2D eigenvalue weighted by molar-refractivity contribution is 0.977. The Hall–Kier alpha value is 0.307. The van der Waals surface area contributed by atoms with Crippen LogP contribution in [-0.4, -0.2) is 15.1 Å². The van der Waals surface area contributed by atoms with Crippen LogP contribution in [-0.2, 0) is 0 Å². The normalized spacial score (nSPS) is 9.14. The Morgan fingerprint density at radius 2 is 2.43 bits per heavy atom. The first kappa shape index (κ1) is 7.31. The molecule has 0 aliphatic heterocycles. The van der Waals surface area contributed by atoms with Crippen molar-refractivity contribution in [3.05, 3.63) is 12.7 Å². The summed E-state index contributed by atoms with van der Waals surface area (Å²) in [6.45, 7) is 3.63. The fourth-order valence-corrected chi connectivity index (χ4v) is 1.69. The number of hydrogen-bond acceptors (Lipinski definition) is 1. The van der Waals surface area contributed by atoms with E-state index < -0.39 is 0 Å².